The minimum absolute atomic E-state index is 0.525. The van der Waals surface area contributed by atoms with Crippen molar-refractivity contribution in [2.75, 3.05) is 6.61 Å². The van der Waals surface area contributed by atoms with Crippen molar-refractivity contribution in [1.29, 1.82) is 0 Å². The van der Waals surface area contributed by atoms with Gasteiger partial charge in [-0.1, -0.05) is 13.8 Å². The van der Waals surface area contributed by atoms with E-state index in [9.17, 15) is 0 Å². The standard InChI is InChI=1S/C8H12N2O/c1-7(2)6-11-8-5-9-3-4-10-8/h3-5,7H,6H2,1-2H3. The molecule has 0 bridgehead atoms. The molecule has 11 heavy (non-hydrogen) atoms. The van der Waals surface area contributed by atoms with Gasteiger partial charge in [-0.3, -0.25) is 4.98 Å². The molecule has 1 rings (SSSR count). The van der Waals surface area contributed by atoms with Gasteiger partial charge in [0.25, 0.3) is 0 Å². The number of nitrogens with zero attached hydrogens (tertiary/aromatic N) is 2. The number of hydrogen-bond acceptors (Lipinski definition) is 3. The first-order valence-corrected chi connectivity index (χ1v) is 3.68. The van der Waals surface area contributed by atoms with Crippen molar-refractivity contribution in [3.63, 3.8) is 0 Å². The highest BCUT2D eigenvalue weighted by Crippen LogP contribution is 2.02. The number of aromatic nitrogens is 2. The average Bonchev–Trinajstić information content (AvgIpc) is 2.03. The van der Waals surface area contributed by atoms with E-state index in [0.29, 0.717) is 18.4 Å². The minimum atomic E-state index is 0.525. The molecular formula is C8H12N2O. The highest BCUT2D eigenvalue weighted by molar-refractivity contribution is 5.00. The Labute approximate surface area is 66.4 Å². The highest BCUT2D eigenvalue weighted by atomic mass is 16.5. The summed E-state index contributed by atoms with van der Waals surface area (Å²) in [5.74, 6) is 1.12. The van der Waals surface area contributed by atoms with Crippen LogP contribution in [0.3, 0.4) is 0 Å². The molecule has 0 saturated carbocycles. The molecule has 0 atom stereocenters. The van der Waals surface area contributed by atoms with E-state index in [1.807, 2.05) is 0 Å². The third kappa shape index (κ3) is 2.98. The van der Waals surface area contributed by atoms with Gasteiger partial charge >= 0.3 is 0 Å². The van der Waals surface area contributed by atoms with Crippen LogP contribution in [0.25, 0.3) is 0 Å². The Morgan fingerprint density at radius 2 is 2.27 bits per heavy atom. The molecule has 0 aliphatic carbocycles. The summed E-state index contributed by atoms with van der Waals surface area (Å²) in [6.07, 6.45) is 4.86. The number of ether oxygens (including phenoxy) is 1. The molecule has 0 unspecified atom stereocenters. The van der Waals surface area contributed by atoms with Crippen LogP contribution in [-0.4, -0.2) is 16.6 Å². The monoisotopic (exact) mass is 152 g/mol. The van der Waals surface area contributed by atoms with Crippen molar-refractivity contribution in [1.82, 2.24) is 9.97 Å². The van der Waals surface area contributed by atoms with Gasteiger partial charge in [0.1, 0.15) is 0 Å². The van der Waals surface area contributed by atoms with Crippen LogP contribution >= 0.6 is 0 Å². The fraction of sp³-hybridized carbons (Fsp3) is 0.500. The molecule has 3 heteroatoms. The molecule has 1 aromatic heterocycles. The zero-order valence-corrected chi connectivity index (χ0v) is 6.82. The van der Waals surface area contributed by atoms with E-state index in [4.69, 9.17) is 4.74 Å². The summed E-state index contributed by atoms with van der Waals surface area (Å²) >= 11 is 0. The Kier molecular flexibility index (Phi) is 2.83. The van der Waals surface area contributed by atoms with Crippen LogP contribution in [0, 0.1) is 5.92 Å². The number of hydrogen-bond donors (Lipinski definition) is 0. The second-order valence-electron chi connectivity index (χ2n) is 2.75. The van der Waals surface area contributed by atoms with Crippen molar-refractivity contribution in [2.45, 2.75) is 13.8 Å². The summed E-state index contributed by atoms with van der Waals surface area (Å²) in [6, 6.07) is 0. The van der Waals surface area contributed by atoms with Gasteiger partial charge in [-0.25, -0.2) is 4.98 Å². The Hall–Kier alpha value is -1.12. The summed E-state index contributed by atoms with van der Waals surface area (Å²) < 4.78 is 5.29. The van der Waals surface area contributed by atoms with Gasteiger partial charge in [0, 0.05) is 12.4 Å². The van der Waals surface area contributed by atoms with Gasteiger partial charge in [-0.05, 0) is 5.92 Å². The van der Waals surface area contributed by atoms with Gasteiger partial charge in [-0.15, -0.1) is 0 Å². The lowest BCUT2D eigenvalue weighted by molar-refractivity contribution is 0.260. The van der Waals surface area contributed by atoms with E-state index in [1.54, 1.807) is 18.6 Å². The molecule has 0 aliphatic heterocycles. The van der Waals surface area contributed by atoms with Crippen LogP contribution in [-0.2, 0) is 0 Å². The summed E-state index contributed by atoms with van der Waals surface area (Å²) in [4.78, 5) is 7.84. The molecule has 1 heterocycles. The zero-order valence-electron chi connectivity index (χ0n) is 6.82. The van der Waals surface area contributed by atoms with Gasteiger partial charge in [0.15, 0.2) is 0 Å². The van der Waals surface area contributed by atoms with Crippen molar-refractivity contribution in [3.05, 3.63) is 18.6 Å². The van der Waals surface area contributed by atoms with E-state index >= 15 is 0 Å². The van der Waals surface area contributed by atoms with Crippen molar-refractivity contribution < 1.29 is 4.74 Å². The predicted octanol–water partition coefficient (Wildman–Crippen LogP) is 1.51. The maximum atomic E-state index is 5.29. The molecule has 1 aromatic rings. The third-order valence-electron chi connectivity index (χ3n) is 1.10. The third-order valence-corrected chi connectivity index (χ3v) is 1.10. The fourth-order valence-corrected chi connectivity index (χ4v) is 0.612. The largest absolute Gasteiger partial charge is 0.476 e. The van der Waals surface area contributed by atoms with Crippen molar-refractivity contribution in [2.24, 2.45) is 5.92 Å². The van der Waals surface area contributed by atoms with Crippen LogP contribution in [0.1, 0.15) is 13.8 Å². The minimum Gasteiger partial charge on any atom is -0.476 e. The summed E-state index contributed by atoms with van der Waals surface area (Å²) in [5.41, 5.74) is 0. The first-order valence-electron chi connectivity index (χ1n) is 3.68. The molecular weight excluding hydrogens is 140 g/mol. The zero-order chi connectivity index (χ0) is 8.10. The van der Waals surface area contributed by atoms with E-state index in [2.05, 4.69) is 23.8 Å². The van der Waals surface area contributed by atoms with Crippen molar-refractivity contribution in [3.8, 4) is 5.88 Å². The molecule has 0 fully saturated rings. The van der Waals surface area contributed by atoms with E-state index in [0.717, 1.165) is 0 Å². The predicted molar refractivity (Wildman–Crippen MR) is 42.4 cm³/mol. The summed E-state index contributed by atoms with van der Waals surface area (Å²) in [6.45, 7) is 4.88. The van der Waals surface area contributed by atoms with Crippen LogP contribution in [0.15, 0.2) is 18.6 Å². The topological polar surface area (TPSA) is 35.0 Å². The van der Waals surface area contributed by atoms with E-state index in [1.165, 1.54) is 0 Å². The van der Waals surface area contributed by atoms with Crippen LogP contribution in [0.4, 0.5) is 0 Å². The Morgan fingerprint density at radius 3 is 2.82 bits per heavy atom. The lowest BCUT2D eigenvalue weighted by Gasteiger charge is -2.05. The van der Waals surface area contributed by atoms with Crippen molar-refractivity contribution >= 4 is 0 Å². The summed E-state index contributed by atoms with van der Waals surface area (Å²) in [5, 5.41) is 0. The molecule has 0 spiro atoms. The van der Waals surface area contributed by atoms with Crippen LogP contribution < -0.4 is 4.74 Å². The SMILES string of the molecule is CC(C)COc1cnccn1. The van der Waals surface area contributed by atoms with Gasteiger partial charge in [0.05, 0.1) is 12.8 Å². The molecule has 0 aliphatic rings. The lowest BCUT2D eigenvalue weighted by Crippen LogP contribution is -2.05. The fourth-order valence-electron chi connectivity index (χ4n) is 0.612. The molecule has 3 nitrogen and oxygen atoms in total. The second kappa shape index (κ2) is 3.91. The first kappa shape index (κ1) is 7.98. The molecule has 0 saturated heterocycles. The second-order valence-corrected chi connectivity index (χ2v) is 2.75. The Balaban J connectivity index is 2.39. The highest BCUT2D eigenvalue weighted by Gasteiger charge is 1.95. The van der Waals surface area contributed by atoms with Gasteiger partial charge < -0.3 is 4.74 Å². The Bertz CT molecular complexity index is 199. The quantitative estimate of drug-likeness (QED) is 0.658. The van der Waals surface area contributed by atoms with Gasteiger partial charge in [0.2, 0.25) is 5.88 Å². The summed E-state index contributed by atoms with van der Waals surface area (Å²) in [7, 11) is 0. The maximum absolute atomic E-state index is 5.29. The molecule has 60 valence electrons. The van der Waals surface area contributed by atoms with Gasteiger partial charge in [-0.2, -0.15) is 0 Å². The van der Waals surface area contributed by atoms with E-state index in [-0.39, 0.29) is 0 Å². The van der Waals surface area contributed by atoms with Crippen LogP contribution in [0.5, 0.6) is 5.88 Å². The molecule has 0 amide bonds. The first-order chi connectivity index (χ1) is 5.29. The van der Waals surface area contributed by atoms with Crippen LogP contribution in [0.2, 0.25) is 0 Å². The lowest BCUT2D eigenvalue weighted by atomic mass is 10.2. The maximum Gasteiger partial charge on any atom is 0.232 e. The number of rotatable bonds is 3. The molecule has 0 N–H and O–H groups in total. The smallest absolute Gasteiger partial charge is 0.232 e. The Morgan fingerprint density at radius 1 is 1.45 bits per heavy atom. The average molecular weight is 152 g/mol. The molecule has 0 aromatic carbocycles. The van der Waals surface area contributed by atoms with E-state index < -0.39 is 0 Å². The molecule has 0 radical (unpaired) electrons. The normalized spacial score (nSPS) is 10.1.